The van der Waals surface area contributed by atoms with Crippen molar-refractivity contribution in [3.63, 3.8) is 0 Å². The van der Waals surface area contributed by atoms with Gasteiger partial charge in [0.1, 0.15) is 4.88 Å². The van der Waals surface area contributed by atoms with Crippen LogP contribution in [0.3, 0.4) is 0 Å². The first-order valence-electron chi connectivity index (χ1n) is 7.37. The highest BCUT2D eigenvalue weighted by Crippen LogP contribution is 2.32. The molecule has 2 N–H and O–H groups in total. The maximum Gasteiger partial charge on any atom is 0.417 e. The fourth-order valence-corrected chi connectivity index (χ4v) is 3.94. The van der Waals surface area contributed by atoms with E-state index in [0.29, 0.717) is 33.1 Å². The van der Waals surface area contributed by atoms with Crippen LogP contribution in [-0.2, 0) is 6.42 Å². The van der Waals surface area contributed by atoms with Crippen LogP contribution in [0, 0.1) is 6.92 Å². The number of benzene rings is 1. The molecule has 4 rings (SSSR count). The van der Waals surface area contributed by atoms with Crippen LogP contribution in [0.5, 0.6) is 0 Å². The van der Waals surface area contributed by atoms with Crippen LogP contribution in [0.1, 0.15) is 28.0 Å². The van der Waals surface area contributed by atoms with E-state index in [-0.39, 0.29) is 0 Å². The second-order valence-corrected chi connectivity index (χ2v) is 6.40. The van der Waals surface area contributed by atoms with Gasteiger partial charge in [-0.1, -0.05) is 24.3 Å². The lowest BCUT2D eigenvalue weighted by atomic mass is 10.1. The maximum atomic E-state index is 11.3. The van der Waals surface area contributed by atoms with Crippen LogP contribution < -0.4 is 5.76 Å². The van der Waals surface area contributed by atoms with Gasteiger partial charge in [0.2, 0.25) is 0 Å². The average molecular weight is 343 g/mol. The van der Waals surface area contributed by atoms with E-state index >= 15 is 0 Å². The summed E-state index contributed by atoms with van der Waals surface area (Å²) in [6.45, 7) is 3.78. The third-order valence-electron chi connectivity index (χ3n) is 4.02. The van der Waals surface area contributed by atoms with Gasteiger partial charge in [-0.3, -0.25) is 9.38 Å². The van der Waals surface area contributed by atoms with Crippen LogP contribution in [-0.4, -0.2) is 25.4 Å². The standard InChI is InChI=1S/C16H13N3O4S/c1-3-10-12(8-4-5-9-11(6-8)23-16(22)17-9)18-15-19(10)7(2)13(24-15)14(20)21/h4-6H,3H2,1-2H3,(H,17,22)(H,20,21). The topological polar surface area (TPSA) is 101 Å². The monoisotopic (exact) mass is 343 g/mol. The number of carboxylic acids is 1. The van der Waals surface area contributed by atoms with Gasteiger partial charge in [0.25, 0.3) is 0 Å². The second kappa shape index (κ2) is 5.07. The minimum absolute atomic E-state index is 0.297. The van der Waals surface area contributed by atoms with Gasteiger partial charge in [-0.15, -0.1) is 0 Å². The summed E-state index contributed by atoms with van der Waals surface area (Å²) in [6.07, 6.45) is 0.697. The largest absolute Gasteiger partial charge is 0.477 e. The summed E-state index contributed by atoms with van der Waals surface area (Å²) in [5, 5.41) is 9.28. The molecule has 0 aliphatic rings. The van der Waals surface area contributed by atoms with Crippen molar-refractivity contribution in [2.24, 2.45) is 0 Å². The van der Waals surface area contributed by atoms with Crippen molar-refractivity contribution in [3.05, 3.63) is 45.0 Å². The molecular formula is C16H13N3O4S. The Labute approximate surface area is 139 Å². The zero-order valence-corrected chi connectivity index (χ0v) is 13.7. The minimum Gasteiger partial charge on any atom is -0.477 e. The number of aryl methyl sites for hydroxylation is 2. The van der Waals surface area contributed by atoms with Crippen molar-refractivity contribution in [2.45, 2.75) is 20.3 Å². The summed E-state index contributed by atoms with van der Waals surface area (Å²) in [5.74, 6) is -1.44. The number of hydrogen-bond donors (Lipinski definition) is 2. The third-order valence-corrected chi connectivity index (χ3v) is 5.15. The number of H-pyrrole nitrogens is 1. The predicted octanol–water partition coefficient (Wildman–Crippen LogP) is 3.07. The zero-order valence-electron chi connectivity index (χ0n) is 12.9. The molecule has 24 heavy (non-hydrogen) atoms. The molecule has 1 aromatic carbocycles. The van der Waals surface area contributed by atoms with E-state index in [1.54, 1.807) is 19.1 Å². The first-order chi connectivity index (χ1) is 11.5. The lowest BCUT2D eigenvalue weighted by molar-refractivity contribution is 0.0701. The molecule has 0 unspecified atom stereocenters. The van der Waals surface area contributed by atoms with Crippen LogP contribution in [0.15, 0.2) is 27.4 Å². The Hall–Kier alpha value is -2.87. The highest BCUT2D eigenvalue weighted by atomic mass is 32.1. The Morgan fingerprint density at radius 2 is 2.25 bits per heavy atom. The molecule has 0 saturated heterocycles. The molecule has 3 aromatic heterocycles. The van der Waals surface area contributed by atoms with Gasteiger partial charge in [-0.2, -0.15) is 0 Å². The molecule has 7 nitrogen and oxygen atoms in total. The Kier molecular flexibility index (Phi) is 3.10. The van der Waals surface area contributed by atoms with Gasteiger partial charge in [-0.05, 0) is 25.5 Å². The average Bonchev–Trinajstić information content (AvgIpc) is 3.17. The van der Waals surface area contributed by atoms with Crippen molar-refractivity contribution in [3.8, 4) is 11.3 Å². The molecule has 8 heteroatoms. The normalized spacial score (nSPS) is 11.6. The first-order valence-corrected chi connectivity index (χ1v) is 8.18. The number of aromatic nitrogens is 3. The molecule has 0 amide bonds. The van der Waals surface area contributed by atoms with E-state index in [1.807, 2.05) is 17.4 Å². The number of carboxylic acid groups (broad SMARTS) is 1. The molecule has 0 spiro atoms. The van der Waals surface area contributed by atoms with E-state index in [0.717, 1.165) is 28.3 Å². The Morgan fingerprint density at radius 3 is 2.96 bits per heavy atom. The molecule has 122 valence electrons. The number of imidazole rings is 1. The molecular weight excluding hydrogens is 330 g/mol. The minimum atomic E-state index is -0.942. The maximum absolute atomic E-state index is 11.3. The van der Waals surface area contributed by atoms with Gasteiger partial charge < -0.3 is 9.52 Å². The van der Waals surface area contributed by atoms with E-state index in [2.05, 4.69) is 9.97 Å². The van der Waals surface area contributed by atoms with Crippen LogP contribution in [0.2, 0.25) is 0 Å². The first kappa shape index (κ1) is 14.7. The number of aromatic amines is 1. The van der Waals surface area contributed by atoms with E-state index in [4.69, 9.17) is 4.42 Å². The molecule has 3 heterocycles. The lowest BCUT2D eigenvalue weighted by Gasteiger charge is -2.03. The molecule has 4 aromatic rings. The van der Waals surface area contributed by atoms with Gasteiger partial charge in [0.15, 0.2) is 10.5 Å². The molecule has 0 aliphatic carbocycles. The second-order valence-electron chi connectivity index (χ2n) is 5.43. The van der Waals surface area contributed by atoms with Gasteiger partial charge >= 0.3 is 11.7 Å². The number of fused-ring (bicyclic) bond motifs is 2. The van der Waals surface area contributed by atoms with Crippen LogP contribution in [0.4, 0.5) is 0 Å². The Morgan fingerprint density at radius 1 is 1.46 bits per heavy atom. The zero-order chi connectivity index (χ0) is 17.0. The van der Waals surface area contributed by atoms with E-state index < -0.39 is 11.7 Å². The van der Waals surface area contributed by atoms with Gasteiger partial charge in [0.05, 0.1) is 16.9 Å². The summed E-state index contributed by atoms with van der Waals surface area (Å²) in [4.78, 5) is 30.8. The molecule has 0 saturated carbocycles. The summed E-state index contributed by atoms with van der Waals surface area (Å²) in [5.41, 5.74) is 4.31. The fraction of sp³-hybridized carbons (Fsp3) is 0.188. The van der Waals surface area contributed by atoms with Gasteiger partial charge in [-0.25, -0.2) is 14.6 Å². The number of oxazole rings is 1. The van der Waals surface area contributed by atoms with Crippen molar-refractivity contribution in [2.75, 3.05) is 0 Å². The summed E-state index contributed by atoms with van der Waals surface area (Å²) < 4.78 is 7.00. The quantitative estimate of drug-likeness (QED) is 0.595. The summed E-state index contributed by atoms with van der Waals surface area (Å²) >= 11 is 1.16. The number of rotatable bonds is 3. The highest BCUT2D eigenvalue weighted by molar-refractivity contribution is 7.19. The molecule has 0 fully saturated rings. The number of aromatic carboxylic acids is 1. The number of nitrogens with one attached hydrogen (secondary N) is 1. The molecule has 0 radical (unpaired) electrons. The number of hydrogen-bond acceptors (Lipinski definition) is 5. The fourth-order valence-electron chi connectivity index (χ4n) is 2.96. The smallest absolute Gasteiger partial charge is 0.417 e. The number of thiazole rings is 1. The predicted molar refractivity (Wildman–Crippen MR) is 90.0 cm³/mol. The Balaban J connectivity index is 1.98. The summed E-state index contributed by atoms with van der Waals surface area (Å²) in [7, 11) is 0. The Bertz CT molecular complexity index is 1160. The van der Waals surface area contributed by atoms with E-state index in [1.165, 1.54) is 0 Å². The number of nitrogens with zero attached hydrogens (tertiary/aromatic N) is 2. The van der Waals surface area contributed by atoms with Crippen molar-refractivity contribution >= 4 is 33.4 Å². The van der Waals surface area contributed by atoms with Crippen molar-refractivity contribution in [1.82, 2.24) is 14.4 Å². The lowest BCUT2D eigenvalue weighted by Crippen LogP contribution is -1.99. The van der Waals surface area contributed by atoms with Crippen molar-refractivity contribution in [1.29, 1.82) is 0 Å². The SMILES string of the molecule is CCc1c(-c2ccc3[nH]c(=O)oc3c2)nc2sc(C(=O)O)c(C)n12. The molecule has 0 atom stereocenters. The molecule has 0 aliphatic heterocycles. The van der Waals surface area contributed by atoms with Crippen molar-refractivity contribution < 1.29 is 14.3 Å². The number of carbonyl (C=O) groups is 1. The van der Waals surface area contributed by atoms with E-state index in [9.17, 15) is 14.7 Å². The van der Waals surface area contributed by atoms with Gasteiger partial charge in [0, 0.05) is 11.3 Å². The molecule has 0 bridgehead atoms. The van der Waals surface area contributed by atoms with Crippen LogP contribution in [0.25, 0.3) is 27.3 Å². The van der Waals surface area contributed by atoms with Crippen LogP contribution >= 0.6 is 11.3 Å². The highest BCUT2D eigenvalue weighted by Gasteiger charge is 2.21. The summed E-state index contributed by atoms with van der Waals surface area (Å²) in [6, 6.07) is 5.41. The third kappa shape index (κ3) is 2.00.